The smallest absolute Gasteiger partial charge is 0.243 e. The molecule has 2 N–H and O–H groups in total. The van der Waals surface area contributed by atoms with Crippen LogP contribution in [0.1, 0.15) is 40.5 Å². The number of hydrogen-bond acceptors (Lipinski definition) is 4. The standard InChI is InChI=1S/C27H30N2O3S/c1-18-8-10-21(11-9-18)22-6-3-5-20(14-22)15-26(31)29-12-4-7-24(29)27(32)28-23(16-30)25-13-19(2)17-33-25/h3,5-6,8-11,13-14,17,23-24,30H,4,7,12,15-16H2,1-2H3,(H,28,32)/t23-,24?/m1/s1. The third-order valence-electron chi connectivity index (χ3n) is 6.14. The molecule has 2 heterocycles. The van der Waals surface area contributed by atoms with Crippen LogP contribution in [0, 0.1) is 13.8 Å². The molecule has 0 aliphatic carbocycles. The van der Waals surface area contributed by atoms with Crippen LogP contribution < -0.4 is 5.32 Å². The number of rotatable bonds is 7. The minimum atomic E-state index is -0.493. The van der Waals surface area contributed by atoms with Crippen molar-refractivity contribution >= 4 is 23.2 Å². The summed E-state index contributed by atoms with van der Waals surface area (Å²) >= 11 is 1.52. The lowest BCUT2D eigenvalue weighted by Crippen LogP contribution is -2.47. The normalized spacial score (nSPS) is 16.6. The Hall–Kier alpha value is -2.96. The quantitative estimate of drug-likeness (QED) is 0.546. The highest BCUT2D eigenvalue weighted by molar-refractivity contribution is 7.10. The number of aliphatic hydroxyl groups excluding tert-OH is 1. The SMILES string of the molecule is Cc1ccc(-c2cccc(CC(=O)N3CCCC3C(=O)N[C@H](CO)c3cc(C)cs3)c2)cc1. The highest BCUT2D eigenvalue weighted by Gasteiger charge is 2.35. The van der Waals surface area contributed by atoms with Gasteiger partial charge in [0.1, 0.15) is 6.04 Å². The minimum absolute atomic E-state index is 0.0405. The van der Waals surface area contributed by atoms with Crippen LogP contribution >= 0.6 is 11.3 Å². The van der Waals surface area contributed by atoms with Gasteiger partial charge in [-0.05, 0) is 60.4 Å². The lowest BCUT2D eigenvalue weighted by molar-refractivity contribution is -0.138. The number of hydrogen-bond donors (Lipinski definition) is 2. The van der Waals surface area contributed by atoms with Gasteiger partial charge in [0, 0.05) is 11.4 Å². The first kappa shape index (κ1) is 23.2. The lowest BCUT2D eigenvalue weighted by Gasteiger charge is -2.26. The Morgan fingerprint density at radius 3 is 2.58 bits per heavy atom. The molecular weight excluding hydrogens is 432 g/mol. The van der Waals surface area contributed by atoms with Crippen LogP contribution in [0.3, 0.4) is 0 Å². The third-order valence-corrected chi connectivity index (χ3v) is 7.30. The Bertz CT molecular complexity index is 1120. The first-order chi connectivity index (χ1) is 15.9. The monoisotopic (exact) mass is 462 g/mol. The number of aliphatic hydroxyl groups is 1. The van der Waals surface area contributed by atoms with Crippen molar-refractivity contribution in [1.29, 1.82) is 0 Å². The summed E-state index contributed by atoms with van der Waals surface area (Å²) in [5.41, 5.74) is 5.45. The zero-order valence-corrected chi connectivity index (χ0v) is 19.9. The van der Waals surface area contributed by atoms with Gasteiger partial charge in [-0.1, -0.05) is 54.1 Å². The van der Waals surface area contributed by atoms with Gasteiger partial charge in [-0.15, -0.1) is 11.3 Å². The van der Waals surface area contributed by atoms with Crippen molar-refractivity contribution in [1.82, 2.24) is 10.2 Å². The molecule has 2 atom stereocenters. The van der Waals surface area contributed by atoms with Crippen LogP contribution in [0.2, 0.25) is 0 Å². The van der Waals surface area contributed by atoms with Crippen molar-refractivity contribution in [2.75, 3.05) is 13.2 Å². The first-order valence-electron chi connectivity index (χ1n) is 11.4. The van der Waals surface area contributed by atoms with E-state index < -0.39 is 12.1 Å². The fraction of sp³-hybridized carbons (Fsp3) is 0.333. The Kier molecular flexibility index (Phi) is 7.26. The molecule has 0 radical (unpaired) electrons. The van der Waals surface area contributed by atoms with Gasteiger partial charge in [0.2, 0.25) is 11.8 Å². The first-order valence-corrected chi connectivity index (χ1v) is 12.2. The van der Waals surface area contributed by atoms with Gasteiger partial charge in [-0.25, -0.2) is 0 Å². The molecule has 6 heteroatoms. The van der Waals surface area contributed by atoms with Crippen molar-refractivity contribution < 1.29 is 14.7 Å². The Labute approximate surface area is 199 Å². The second kappa shape index (κ2) is 10.3. The summed E-state index contributed by atoms with van der Waals surface area (Å²) < 4.78 is 0. The summed E-state index contributed by atoms with van der Waals surface area (Å²) in [6.45, 7) is 4.46. The van der Waals surface area contributed by atoms with Gasteiger partial charge in [0.25, 0.3) is 0 Å². The predicted molar refractivity (Wildman–Crippen MR) is 132 cm³/mol. The summed E-state index contributed by atoms with van der Waals surface area (Å²) in [5.74, 6) is -0.236. The topological polar surface area (TPSA) is 69.6 Å². The zero-order chi connectivity index (χ0) is 23.4. The fourth-order valence-electron chi connectivity index (χ4n) is 4.33. The lowest BCUT2D eigenvalue weighted by atomic mass is 10.0. The van der Waals surface area contributed by atoms with Crippen molar-refractivity contribution in [2.45, 2.75) is 45.2 Å². The summed E-state index contributed by atoms with van der Waals surface area (Å²) in [6, 6.07) is 17.4. The van der Waals surface area contributed by atoms with Gasteiger partial charge < -0.3 is 15.3 Å². The molecule has 3 aromatic rings. The number of likely N-dealkylation sites (tertiary alicyclic amines) is 1. The maximum atomic E-state index is 13.1. The van der Waals surface area contributed by atoms with Gasteiger partial charge in [0.15, 0.2) is 0 Å². The average Bonchev–Trinajstić information content (AvgIpc) is 3.47. The molecule has 1 aromatic heterocycles. The molecule has 1 unspecified atom stereocenters. The number of carbonyl (C=O) groups is 2. The van der Waals surface area contributed by atoms with E-state index in [0.29, 0.717) is 13.0 Å². The average molecular weight is 463 g/mol. The van der Waals surface area contributed by atoms with E-state index in [2.05, 4.69) is 42.6 Å². The van der Waals surface area contributed by atoms with Crippen molar-refractivity contribution in [2.24, 2.45) is 0 Å². The molecule has 2 amide bonds. The second-order valence-electron chi connectivity index (χ2n) is 8.76. The maximum absolute atomic E-state index is 13.1. The molecule has 5 nitrogen and oxygen atoms in total. The Morgan fingerprint density at radius 2 is 1.88 bits per heavy atom. The summed E-state index contributed by atoms with van der Waals surface area (Å²) in [6.07, 6.45) is 1.70. The highest BCUT2D eigenvalue weighted by atomic mass is 32.1. The van der Waals surface area contributed by atoms with E-state index in [-0.39, 0.29) is 24.8 Å². The molecule has 1 aliphatic rings. The van der Waals surface area contributed by atoms with E-state index in [0.717, 1.165) is 33.6 Å². The second-order valence-corrected chi connectivity index (χ2v) is 9.70. The molecule has 172 valence electrons. The third kappa shape index (κ3) is 5.52. The van der Waals surface area contributed by atoms with Crippen molar-refractivity contribution in [3.63, 3.8) is 0 Å². The number of amides is 2. The maximum Gasteiger partial charge on any atom is 0.243 e. The fourth-order valence-corrected chi connectivity index (χ4v) is 5.27. The van der Waals surface area contributed by atoms with Crippen LogP contribution in [-0.2, 0) is 16.0 Å². The number of thiophene rings is 1. The van der Waals surface area contributed by atoms with Gasteiger partial charge >= 0.3 is 0 Å². The minimum Gasteiger partial charge on any atom is -0.394 e. The van der Waals surface area contributed by atoms with E-state index in [4.69, 9.17) is 0 Å². The molecule has 0 spiro atoms. The largest absolute Gasteiger partial charge is 0.394 e. The highest BCUT2D eigenvalue weighted by Crippen LogP contribution is 2.25. The van der Waals surface area contributed by atoms with E-state index in [9.17, 15) is 14.7 Å². The Balaban J connectivity index is 1.43. The van der Waals surface area contributed by atoms with Crippen molar-refractivity contribution in [3.05, 3.63) is 81.5 Å². The number of aryl methyl sites for hydroxylation is 2. The molecule has 4 rings (SSSR count). The van der Waals surface area contributed by atoms with Crippen LogP contribution in [0.5, 0.6) is 0 Å². The molecular formula is C27H30N2O3S. The molecule has 0 bridgehead atoms. The molecule has 1 saturated heterocycles. The van der Waals surface area contributed by atoms with E-state index >= 15 is 0 Å². The summed E-state index contributed by atoms with van der Waals surface area (Å²) in [4.78, 5) is 28.8. The molecule has 2 aromatic carbocycles. The number of carbonyl (C=O) groups excluding carboxylic acids is 2. The van der Waals surface area contributed by atoms with Crippen LogP contribution in [0.4, 0.5) is 0 Å². The van der Waals surface area contributed by atoms with Crippen LogP contribution in [0.25, 0.3) is 11.1 Å². The molecule has 1 aliphatic heterocycles. The molecule has 0 saturated carbocycles. The van der Waals surface area contributed by atoms with E-state index in [1.807, 2.05) is 36.6 Å². The van der Waals surface area contributed by atoms with Gasteiger partial charge in [0.05, 0.1) is 19.1 Å². The number of benzene rings is 2. The zero-order valence-electron chi connectivity index (χ0n) is 19.1. The molecule has 1 fully saturated rings. The van der Waals surface area contributed by atoms with E-state index in [1.165, 1.54) is 16.9 Å². The van der Waals surface area contributed by atoms with Crippen LogP contribution in [-0.4, -0.2) is 41.0 Å². The summed E-state index contributed by atoms with van der Waals surface area (Å²) in [5, 5.41) is 14.7. The van der Waals surface area contributed by atoms with Crippen LogP contribution in [0.15, 0.2) is 60.0 Å². The number of nitrogens with one attached hydrogen (secondary N) is 1. The van der Waals surface area contributed by atoms with Crippen molar-refractivity contribution in [3.8, 4) is 11.1 Å². The summed E-state index contributed by atoms with van der Waals surface area (Å²) in [7, 11) is 0. The number of nitrogens with zero attached hydrogens (tertiary/aromatic N) is 1. The predicted octanol–water partition coefficient (Wildman–Crippen LogP) is 4.42. The van der Waals surface area contributed by atoms with Gasteiger partial charge in [-0.2, -0.15) is 0 Å². The molecule has 33 heavy (non-hydrogen) atoms. The Morgan fingerprint density at radius 1 is 1.09 bits per heavy atom. The van der Waals surface area contributed by atoms with E-state index in [1.54, 1.807) is 4.90 Å². The van der Waals surface area contributed by atoms with Gasteiger partial charge in [-0.3, -0.25) is 9.59 Å².